The van der Waals surface area contributed by atoms with E-state index >= 15 is 0 Å². The van der Waals surface area contributed by atoms with Crippen molar-refractivity contribution in [1.82, 2.24) is 9.62 Å². The average Bonchev–Trinajstić information content (AvgIpc) is 2.84. The Labute approximate surface area is 194 Å². The fourth-order valence-electron chi connectivity index (χ4n) is 4.45. The Bertz CT molecular complexity index is 1120. The molecule has 1 saturated heterocycles. The Morgan fingerprint density at radius 3 is 2.12 bits per heavy atom. The average molecular weight is 471 g/mol. The summed E-state index contributed by atoms with van der Waals surface area (Å²) < 4.78 is 27.8. The zero-order valence-corrected chi connectivity index (χ0v) is 19.6. The minimum absolute atomic E-state index is 0.118. The third kappa shape index (κ3) is 5.36. The first-order chi connectivity index (χ1) is 15.9. The van der Waals surface area contributed by atoms with Crippen molar-refractivity contribution in [2.45, 2.75) is 43.4 Å². The number of carbonyl (C=O) groups is 2. The lowest BCUT2D eigenvalue weighted by atomic mass is 9.92. The number of fused-ring (bicyclic) bond motifs is 1. The number of amides is 3. The van der Waals surface area contributed by atoms with Gasteiger partial charge in [0.1, 0.15) is 0 Å². The standard InChI is InChI=1S/C24H30N4O4S/c1-25-24(30)27-21-9-7-20(8-10-21)26-23(29)18-12-14-28(15-13-18)33(31,32)22-11-6-17-4-2-3-5-19(17)16-22/h6-11,16,18H,2-5,12-15H2,1H3,(H,26,29)(H2,25,27,30). The second kappa shape index (κ2) is 9.93. The van der Waals surface area contributed by atoms with Crippen LogP contribution in [0.2, 0.25) is 0 Å². The molecule has 1 fully saturated rings. The molecule has 3 N–H and O–H groups in total. The van der Waals surface area contributed by atoms with Crippen LogP contribution in [0.15, 0.2) is 47.4 Å². The molecule has 9 heteroatoms. The van der Waals surface area contributed by atoms with Gasteiger partial charge in [-0.1, -0.05) is 6.07 Å². The van der Waals surface area contributed by atoms with Crippen molar-refractivity contribution in [1.29, 1.82) is 0 Å². The number of carbonyl (C=O) groups excluding carboxylic acids is 2. The van der Waals surface area contributed by atoms with Crippen molar-refractivity contribution in [2.75, 3.05) is 30.8 Å². The highest BCUT2D eigenvalue weighted by Gasteiger charge is 2.32. The van der Waals surface area contributed by atoms with Crippen molar-refractivity contribution >= 4 is 33.3 Å². The normalized spacial score (nSPS) is 17.1. The van der Waals surface area contributed by atoms with Crippen molar-refractivity contribution in [3.05, 3.63) is 53.6 Å². The van der Waals surface area contributed by atoms with Crippen LogP contribution in [0, 0.1) is 5.92 Å². The van der Waals surface area contributed by atoms with E-state index in [1.807, 2.05) is 12.1 Å². The molecule has 2 aromatic rings. The molecular weight excluding hydrogens is 440 g/mol. The first-order valence-electron chi connectivity index (χ1n) is 11.4. The van der Waals surface area contributed by atoms with Crippen molar-refractivity contribution in [2.24, 2.45) is 5.92 Å². The van der Waals surface area contributed by atoms with Gasteiger partial charge in [-0.25, -0.2) is 13.2 Å². The lowest BCUT2D eigenvalue weighted by Gasteiger charge is -2.31. The Morgan fingerprint density at radius 2 is 1.48 bits per heavy atom. The molecule has 1 heterocycles. The Balaban J connectivity index is 1.33. The number of benzene rings is 2. The van der Waals surface area contributed by atoms with E-state index in [1.165, 1.54) is 16.9 Å². The van der Waals surface area contributed by atoms with Crippen LogP contribution in [0.4, 0.5) is 16.2 Å². The van der Waals surface area contributed by atoms with Crippen LogP contribution < -0.4 is 16.0 Å². The molecule has 8 nitrogen and oxygen atoms in total. The number of hydrogen-bond donors (Lipinski definition) is 3. The zero-order chi connectivity index (χ0) is 23.4. The van der Waals surface area contributed by atoms with E-state index in [9.17, 15) is 18.0 Å². The summed E-state index contributed by atoms with van der Waals surface area (Å²) >= 11 is 0. The van der Waals surface area contributed by atoms with Crippen LogP contribution in [0.5, 0.6) is 0 Å². The van der Waals surface area contributed by atoms with Crippen LogP contribution in [0.3, 0.4) is 0 Å². The van der Waals surface area contributed by atoms with Gasteiger partial charge in [0.2, 0.25) is 15.9 Å². The van der Waals surface area contributed by atoms with Gasteiger partial charge in [-0.3, -0.25) is 4.79 Å². The third-order valence-corrected chi connectivity index (χ3v) is 8.31. The summed E-state index contributed by atoms with van der Waals surface area (Å²) in [4.78, 5) is 24.4. The third-order valence-electron chi connectivity index (χ3n) is 6.42. The molecular formula is C24H30N4O4S. The van der Waals surface area contributed by atoms with Crippen molar-refractivity contribution < 1.29 is 18.0 Å². The van der Waals surface area contributed by atoms with Crippen LogP contribution in [0.25, 0.3) is 0 Å². The first kappa shape index (κ1) is 23.3. The van der Waals surface area contributed by atoms with E-state index in [0.717, 1.165) is 31.2 Å². The number of hydrogen-bond acceptors (Lipinski definition) is 4. The molecule has 1 aliphatic carbocycles. The van der Waals surface area contributed by atoms with Gasteiger partial charge >= 0.3 is 6.03 Å². The van der Waals surface area contributed by atoms with Crippen molar-refractivity contribution in [3.63, 3.8) is 0 Å². The van der Waals surface area contributed by atoms with E-state index in [4.69, 9.17) is 0 Å². The number of sulfonamides is 1. The fraction of sp³-hybridized carbons (Fsp3) is 0.417. The van der Waals surface area contributed by atoms with Gasteiger partial charge in [0, 0.05) is 37.4 Å². The SMILES string of the molecule is CNC(=O)Nc1ccc(NC(=O)C2CCN(S(=O)(=O)c3ccc4c(c3)CCCC4)CC2)cc1. The predicted molar refractivity (Wildman–Crippen MR) is 128 cm³/mol. The van der Waals surface area contributed by atoms with E-state index in [0.29, 0.717) is 42.2 Å². The Hall–Kier alpha value is -2.91. The first-order valence-corrected chi connectivity index (χ1v) is 12.8. The van der Waals surface area contributed by atoms with Crippen LogP contribution in [0.1, 0.15) is 36.8 Å². The van der Waals surface area contributed by atoms with Gasteiger partial charge in [0.25, 0.3) is 0 Å². The monoisotopic (exact) mass is 470 g/mol. The molecule has 0 saturated carbocycles. The maximum atomic E-state index is 13.2. The summed E-state index contributed by atoms with van der Waals surface area (Å²) in [7, 11) is -2.02. The quantitative estimate of drug-likeness (QED) is 0.623. The summed E-state index contributed by atoms with van der Waals surface area (Å²) in [5, 5.41) is 8.02. The predicted octanol–water partition coefficient (Wildman–Crippen LogP) is 3.36. The summed E-state index contributed by atoms with van der Waals surface area (Å²) in [6, 6.07) is 12.1. The summed E-state index contributed by atoms with van der Waals surface area (Å²) in [5.41, 5.74) is 3.65. The lowest BCUT2D eigenvalue weighted by Crippen LogP contribution is -2.41. The highest BCUT2D eigenvalue weighted by molar-refractivity contribution is 7.89. The van der Waals surface area contributed by atoms with E-state index in [-0.39, 0.29) is 17.9 Å². The molecule has 0 unspecified atom stereocenters. The Morgan fingerprint density at radius 1 is 0.879 bits per heavy atom. The molecule has 1 aliphatic heterocycles. The lowest BCUT2D eigenvalue weighted by molar-refractivity contribution is -0.120. The molecule has 4 rings (SSSR count). The van der Waals surface area contributed by atoms with Gasteiger partial charge in [-0.2, -0.15) is 4.31 Å². The number of rotatable bonds is 5. The van der Waals surface area contributed by atoms with E-state index < -0.39 is 10.0 Å². The van der Waals surface area contributed by atoms with Gasteiger partial charge < -0.3 is 16.0 Å². The fourth-order valence-corrected chi connectivity index (χ4v) is 5.97. The second-order valence-corrected chi connectivity index (χ2v) is 10.5. The number of urea groups is 1. The highest BCUT2D eigenvalue weighted by Crippen LogP contribution is 2.28. The van der Waals surface area contributed by atoms with E-state index in [1.54, 1.807) is 30.3 Å². The van der Waals surface area contributed by atoms with Crippen LogP contribution in [-0.4, -0.2) is 44.8 Å². The molecule has 0 aromatic heterocycles. The molecule has 2 aromatic carbocycles. The molecule has 2 aliphatic rings. The second-order valence-electron chi connectivity index (χ2n) is 8.59. The summed E-state index contributed by atoms with van der Waals surface area (Å²) in [6.45, 7) is 0.652. The molecule has 0 spiro atoms. The number of nitrogens with one attached hydrogen (secondary N) is 3. The Kier molecular flexibility index (Phi) is 6.99. The maximum Gasteiger partial charge on any atom is 0.318 e. The summed E-state index contributed by atoms with van der Waals surface area (Å²) in [5.74, 6) is -0.364. The molecule has 33 heavy (non-hydrogen) atoms. The molecule has 176 valence electrons. The number of aryl methyl sites for hydroxylation is 2. The van der Waals surface area contributed by atoms with Crippen molar-refractivity contribution in [3.8, 4) is 0 Å². The molecule has 0 bridgehead atoms. The topological polar surface area (TPSA) is 108 Å². The minimum Gasteiger partial charge on any atom is -0.341 e. The number of nitrogens with zero attached hydrogens (tertiary/aromatic N) is 1. The van der Waals surface area contributed by atoms with Gasteiger partial charge in [0.15, 0.2) is 0 Å². The van der Waals surface area contributed by atoms with Crippen LogP contribution >= 0.6 is 0 Å². The smallest absolute Gasteiger partial charge is 0.318 e. The maximum absolute atomic E-state index is 13.2. The van der Waals surface area contributed by atoms with Gasteiger partial charge in [-0.15, -0.1) is 0 Å². The van der Waals surface area contributed by atoms with Crippen LogP contribution in [-0.2, 0) is 27.7 Å². The number of piperidine rings is 1. The minimum atomic E-state index is -3.56. The zero-order valence-electron chi connectivity index (χ0n) is 18.8. The summed E-state index contributed by atoms with van der Waals surface area (Å²) in [6.07, 6.45) is 5.17. The van der Waals surface area contributed by atoms with Gasteiger partial charge in [0.05, 0.1) is 4.90 Å². The molecule has 0 atom stereocenters. The van der Waals surface area contributed by atoms with E-state index in [2.05, 4.69) is 16.0 Å². The molecule has 3 amide bonds. The largest absolute Gasteiger partial charge is 0.341 e. The number of anilines is 2. The molecule has 0 radical (unpaired) electrons. The highest BCUT2D eigenvalue weighted by atomic mass is 32.2. The van der Waals surface area contributed by atoms with Gasteiger partial charge in [-0.05, 0) is 86.1 Å².